The van der Waals surface area contributed by atoms with Gasteiger partial charge >= 0.3 is 12.0 Å². The minimum absolute atomic E-state index is 0.00596. The number of benzene rings is 2. The summed E-state index contributed by atoms with van der Waals surface area (Å²) in [5, 5.41) is 51.3. The first-order valence-electron chi connectivity index (χ1n) is 7.55. The van der Waals surface area contributed by atoms with Crippen molar-refractivity contribution in [2.45, 2.75) is 19.0 Å². The number of aliphatic carboxylic acids is 1. The molecule has 138 valence electrons. The molecule has 0 heterocycles. The first-order valence-corrected chi connectivity index (χ1v) is 7.55. The van der Waals surface area contributed by atoms with Crippen LogP contribution in [0.4, 0.5) is 4.79 Å². The third kappa shape index (κ3) is 4.94. The Morgan fingerprint density at radius 1 is 0.846 bits per heavy atom. The molecule has 2 amide bonds. The molecule has 0 spiro atoms. The van der Waals surface area contributed by atoms with Gasteiger partial charge in [-0.1, -0.05) is 12.1 Å². The SMILES string of the molecule is O=C(NCc1ccc(O)c(O)c1)NC(Cc1ccc(O)c(O)c1)C(=O)O. The monoisotopic (exact) mass is 362 g/mol. The lowest BCUT2D eigenvalue weighted by molar-refractivity contribution is -0.139. The van der Waals surface area contributed by atoms with Crippen molar-refractivity contribution in [3.63, 3.8) is 0 Å². The van der Waals surface area contributed by atoms with E-state index in [1.165, 1.54) is 36.4 Å². The maximum atomic E-state index is 11.9. The molecular formula is C17H18N2O7. The van der Waals surface area contributed by atoms with Gasteiger partial charge < -0.3 is 36.2 Å². The third-order valence-corrected chi connectivity index (χ3v) is 3.58. The van der Waals surface area contributed by atoms with Crippen LogP contribution in [0.5, 0.6) is 23.0 Å². The van der Waals surface area contributed by atoms with E-state index in [1.54, 1.807) is 0 Å². The smallest absolute Gasteiger partial charge is 0.326 e. The molecule has 2 rings (SSSR count). The van der Waals surface area contributed by atoms with E-state index in [4.69, 9.17) is 0 Å². The van der Waals surface area contributed by atoms with E-state index >= 15 is 0 Å². The minimum Gasteiger partial charge on any atom is -0.504 e. The molecule has 9 nitrogen and oxygen atoms in total. The van der Waals surface area contributed by atoms with Crippen LogP contribution in [0.1, 0.15) is 11.1 Å². The third-order valence-electron chi connectivity index (χ3n) is 3.58. The molecule has 1 unspecified atom stereocenters. The van der Waals surface area contributed by atoms with E-state index in [0.29, 0.717) is 11.1 Å². The van der Waals surface area contributed by atoms with Crippen molar-refractivity contribution in [1.82, 2.24) is 10.6 Å². The number of urea groups is 1. The number of carboxylic acids is 1. The Morgan fingerprint density at radius 2 is 1.38 bits per heavy atom. The fraction of sp³-hybridized carbons (Fsp3) is 0.176. The van der Waals surface area contributed by atoms with Crippen LogP contribution in [0.25, 0.3) is 0 Å². The Labute approximate surface area is 148 Å². The lowest BCUT2D eigenvalue weighted by Crippen LogP contribution is -2.46. The molecule has 0 aliphatic rings. The van der Waals surface area contributed by atoms with Crippen LogP contribution < -0.4 is 10.6 Å². The van der Waals surface area contributed by atoms with Crippen LogP contribution >= 0.6 is 0 Å². The Balaban J connectivity index is 1.95. The van der Waals surface area contributed by atoms with Crippen molar-refractivity contribution in [2.24, 2.45) is 0 Å². The largest absolute Gasteiger partial charge is 0.504 e. The molecule has 26 heavy (non-hydrogen) atoms. The van der Waals surface area contributed by atoms with E-state index in [2.05, 4.69) is 10.6 Å². The fourth-order valence-electron chi connectivity index (χ4n) is 2.20. The van der Waals surface area contributed by atoms with Gasteiger partial charge in [-0.05, 0) is 35.4 Å². The molecule has 0 saturated carbocycles. The Bertz CT molecular complexity index is 823. The number of carboxylic acid groups (broad SMARTS) is 1. The second kappa shape index (κ2) is 7.97. The van der Waals surface area contributed by atoms with Crippen molar-refractivity contribution in [3.8, 4) is 23.0 Å². The van der Waals surface area contributed by atoms with Crippen molar-refractivity contribution in [3.05, 3.63) is 47.5 Å². The van der Waals surface area contributed by atoms with E-state index in [1.807, 2.05) is 0 Å². The van der Waals surface area contributed by atoms with Crippen molar-refractivity contribution in [2.75, 3.05) is 0 Å². The van der Waals surface area contributed by atoms with E-state index < -0.39 is 18.0 Å². The zero-order valence-electron chi connectivity index (χ0n) is 13.5. The van der Waals surface area contributed by atoms with Crippen LogP contribution in [0.15, 0.2) is 36.4 Å². The van der Waals surface area contributed by atoms with Gasteiger partial charge in [0.25, 0.3) is 0 Å². The van der Waals surface area contributed by atoms with Crippen LogP contribution in [0.3, 0.4) is 0 Å². The lowest BCUT2D eigenvalue weighted by Gasteiger charge is -2.16. The van der Waals surface area contributed by atoms with Gasteiger partial charge in [0.15, 0.2) is 23.0 Å². The fourth-order valence-corrected chi connectivity index (χ4v) is 2.20. The number of phenols is 4. The molecule has 2 aromatic rings. The van der Waals surface area contributed by atoms with Crippen molar-refractivity contribution in [1.29, 1.82) is 0 Å². The highest BCUT2D eigenvalue weighted by molar-refractivity contribution is 5.82. The van der Waals surface area contributed by atoms with Gasteiger partial charge in [-0.15, -0.1) is 0 Å². The van der Waals surface area contributed by atoms with Crippen LogP contribution in [-0.2, 0) is 17.8 Å². The van der Waals surface area contributed by atoms with Gasteiger partial charge in [0, 0.05) is 13.0 Å². The van der Waals surface area contributed by atoms with Crippen LogP contribution in [0, 0.1) is 0 Å². The number of hydrogen-bond donors (Lipinski definition) is 7. The van der Waals surface area contributed by atoms with Gasteiger partial charge in [0.05, 0.1) is 0 Å². The van der Waals surface area contributed by atoms with Gasteiger partial charge in [-0.3, -0.25) is 0 Å². The predicted octanol–water partition coefficient (Wildman–Crippen LogP) is 1.00. The molecule has 9 heteroatoms. The van der Waals surface area contributed by atoms with E-state index in [-0.39, 0.29) is 36.0 Å². The number of nitrogens with one attached hydrogen (secondary N) is 2. The summed E-state index contributed by atoms with van der Waals surface area (Å²) in [5.41, 5.74) is 0.919. The molecule has 0 radical (unpaired) electrons. The van der Waals surface area contributed by atoms with Crippen LogP contribution in [0.2, 0.25) is 0 Å². The summed E-state index contributed by atoms with van der Waals surface area (Å²) >= 11 is 0. The lowest BCUT2D eigenvalue weighted by atomic mass is 10.1. The first-order chi connectivity index (χ1) is 12.3. The van der Waals surface area contributed by atoms with Gasteiger partial charge in [-0.25, -0.2) is 9.59 Å². The second-order valence-electron chi connectivity index (χ2n) is 5.57. The number of amides is 2. The maximum absolute atomic E-state index is 11.9. The molecule has 7 N–H and O–H groups in total. The topological polar surface area (TPSA) is 159 Å². The quantitative estimate of drug-likeness (QED) is 0.377. The van der Waals surface area contributed by atoms with Crippen LogP contribution in [-0.4, -0.2) is 43.6 Å². The number of carbonyl (C=O) groups is 2. The summed E-state index contributed by atoms with van der Waals surface area (Å²) in [6.45, 7) is 0.00596. The minimum atomic E-state index is -1.27. The Kier molecular flexibility index (Phi) is 5.74. The number of phenolic OH excluding ortho intramolecular Hbond substituents is 4. The molecular weight excluding hydrogens is 344 g/mol. The molecule has 0 fully saturated rings. The number of aromatic hydroxyl groups is 4. The zero-order chi connectivity index (χ0) is 19.3. The first kappa shape index (κ1) is 18.7. The van der Waals surface area contributed by atoms with E-state index in [0.717, 1.165) is 0 Å². The number of rotatable bonds is 6. The summed E-state index contributed by atoms with van der Waals surface area (Å²) in [7, 11) is 0. The normalized spacial score (nSPS) is 11.5. The molecule has 0 saturated heterocycles. The summed E-state index contributed by atoms with van der Waals surface area (Å²) in [5.74, 6) is -2.61. The average molecular weight is 362 g/mol. The Morgan fingerprint density at radius 3 is 1.92 bits per heavy atom. The molecule has 0 aliphatic carbocycles. The molecule has 2 aromatic carbocycles. The average Bonchev–Trinajstić information content (AvgIpc) is 2.58. The van der Waals surface area contributed by atoms with Gasteiger partial charge in [0.2, 0.25) is 0 Å². The van der Waals surface area contributed by atoms with Gasteiger partial charge in [-0.2, -0.15) is 0 Å². The van der Waals surface area contributed by atoms with E-state index in [9.17, 15) is 35.1 Å². The molecule has 1 atom stereocenters. The summed E-state index contributed by atoms with van der Waals surface area (Å²) in [4.78, 5) is 23.2. The highest BCUT2D eigenvalue weighted by Gasteiger charge is 2.21. The molecule has 0 aromatic heterocycles. The Hall–Kier alpha value is -3.62. The van der Waals surface area contributed by atoms with Crippen molar-refractivity contribution >= 4 is 12.0 Å². The molecule has 0 aliphatic heterocycles. The highest BCUT2D eigenvalue weighted by Crippen LogP contribution is 2.26. The predicted molar refractivity (Wildman–Crippen MR) is 90.0 cm³/mol. The number of carbonyl (C=O) groups excluding carboxylic acids is 1. The highest BCUT2D eigenvalue weighted by atomic mass is 16.4. The van der Waals surface area contributed by atoms with Crippen molar-refractivity contribution < 1.29 is 35.1 Å². The standard InChI is InChI=1S/C17H18N2O7/c20-12-3-1-9(6-14(12)22)5-11(16(24)25)19-17(26)18-8-10-2-4-13(21)15(23)7-10/h1-4,6-7,11,20-23H,5,8H2,(H,24,25)(H2,18,19,26). The van der Waals surface area contributed by atoms with Gasteiger partial charge in [0.1, 0.15) is 6.04 Å². The maximum Gasteiger partial charge on any atom is 0.326 e. The zero-order valence-corrected chi connectivity index (χ0v) is 13.5. The number of hydrogen-bond acceptors (Lipinski definition) is 6. The molecule has 0 bridgehead atoms. The second-order valence-corrected chi connectivity index (χ2v) is 5.57. The summed E-state index contributed by atoms with van der Waals surface area (Å²) in [6.07, 6.45) is -0.101. The summed E-state index contributed by atoms with van der Waals surface area (Å²) in [6, 6.07) is 5.89. The summed E-state index contributed by atoms with van der Waals surface area (Å²) < 4.78 is 0.